The van der Waals surface area contributed by atoms with Crippen LogP contribution in [-0.2, 0) is 9.53 Å². The summed E-state index contributed by atoms with van der Waals surface area (Å²) in [6.07, 6.45) is 1.18. The van der Waals surface area contributed by atoms with Gasteiger partial charge in [-0.05, 0) is 25.1 Å². The molecule has 1 amide bonds. The third-order valence-corrected chi connectivity index (χ3v) is 7.24. The number of aliphatic hydroxyl groups excluding tert-OH is 1. The van der Waals surface area contributed by atoms with Crippen molar-refractivity contribution < 1.29 is 28.2 Å². The van der Waals surface area contributed by atoms with Gasteiger partial charge in [-0.2, -0.15) is 0 Å². The molecule has 0 spiro atoms. The number of aromatic nitrogens is 1. The minimum Gasteiger partial charge on any atom is -0.467 e. The summed E-state index contributed by atoms with van der Waals surface area (Å²) in [4.78, 5) is 65.5. The quantitative estimate of drug-likeness (QED) is 0.155. The number of amides is 1. The molecule has 0 aliphatic carbocycles. The third kappa shape index (κ3) is 3.87. The summed E-state index contributed by atoms with van der Waals surface area (Å²) in [7, 11) is 1.07. The first kappa shape index (κ1) is 26.8. The summed E-state index contributed by atoms with van der Waals surface area (Å²) >= 11 is 0. The maximum Gasteiger partial charge on any atom is 0.330 e. The Kier molecular flexibility index (Phi) is 6.34. The number of rotatable bonds is 6. The van der Waals surface area contributed by atoms with Crippen molar-refractivity contribution in [3.63, 3.8) is 0 Å². The lowest BCUT2D eigenvalue weighted by molar-refractivity contribution is -0.143. The Bertz CT molecular complexity index is 2290. The smallest absolute Gasteiger partial charge is 0.330 e. The van der Waals surface area contributed by atoms with Crippen molar-refractivity contribution in [3.05, 3.63) is 90.7 Å². The summed E-state index contributed by atoms with van der Waals surface area (Å²) in [5.74, 6) is -2.80. The molecule has 2 aromatic heterocycles. The van der Waals surface area contributed by atoms with Gasteiger partial charge in [0.1, 0.15) is 16.8 Å². The number of anilines is 1. The molecule has 0 radical (unpaired) electrons. The zero-order valence-corrected chi connectivity index (χ0v) is 22.2. The number of hydrogen-bond acceptors (Lipinski definition) is 9. The molecule has 1 unspecified atom stereocenters. The van der Waals surface area contributed by atoms with Crippen LogP contribution in [0.5, 0.6) is 0 Å². The van der Waals surface area contributed by atoms with E-state index in [1.807, 2.05) is 0 Å². The highest BCUT2D eigenvalue weighted by Crippen LogP contribution is 2.34. The van der Waals surface area contributed by atoms with Crippen molar-refractivity contribution in [2.24, 2.45) is 0 Å². The fraction of sp³-hybridized carbons (Fsp3) is 0.167. The molecule has 6 rings (SSSR count). The SMILES string of the molecule is CCNc1c(F)cc2c(=O)c(C(=O)NC(CO)C(=O)OC)cn3c4cc5c(=O)c6ccccc6c(=O)c5cc4oc1c23. The molecule has 2 heterocycles. The normalized spacial score (nSPS) is 12.4. The van der Waals surface area contributed by atoms with Gasteiger partial charge in [0.05, 0.1) is 24.6 Å². The number of ether oxygens (including phenoxy) is 1. The number of halogens is 1. The van der Waals surface area contributed by atoms with Gasteiger partial charge in [0.2, 0.25) is 5.43 Å². The molecule has 42 heavy (non-hydrogen) atoms. The zero-order valence-electron chi connectivity index (χ0n) is 22.2. The molecule has 4 aromatic carbocycles. The minimum absolute atomic E-state index is 0.0440. The predicted octanol–water partition coefficient (Wildman–Crippen LogP) is 2.50. The van der Waals surface area contributed by atoms with Crippen molar-refractivity contribution in [2.75, 3.05) is 25.6 Å². The van der Waals surface area contributed by atoms with Gasteiger partial charge in [-0.1, -0.05) is 24.3 Å². The topological polar surface area (TPSA) is 156 Å². The van der Waals surface area contributed by atoms with Crippen LogP contribution in [0.1, 0.15) is 17.3 Å². The predicted molar refractivity (Wildman–Crippen MR) is 154 cm³/mol. The number of benzene rings is 4. The number of hydrogen-bond donors (Lipinski definition) is 3. The van der Waals surface area contributed by atoms with Gasteiger partial charge in [-0.25, -0.2) is 9.18 Å². The number of methoxy groups -OCH3 is 1. The van der Waals surface area contributed by atoms with Crippen LogP contribution < -0.4 is 26.9 Å². The zero-order chi connectivity index (χ0) is 29.9. The highest BCUT2D eigenvalue weighted by atomic mass is 19.1. The van der Waals surface area contributed by atoms with E-state index in [0.717, 1.165) is 13.2 Å². The van der Waals surface area contributed by atoms with Gasteiger partial charge in [-0.15, -0.1) is 0 Å². The van der Waals surface area contributed by atoms with Gasteiger partial charge in [0.15, 0.2) is 33.9 Å². The van der Waals surface area contributed by atoms with Crippen molar-refractivity contribution in [2.45, 2.75) is 13.0 Å². The van der Waals surface area contributed by atoms with E-state index in [1.54, 1.807) is 31.2 Å². The fourth-order valence-corrected chi connectivity index (χ4v) is 5.27. The molecule has 0 saturated heterocycles. The van der Waals surface area contributed by atoms with Crippen LogP contribution in [-0.4, -0.2) is 47.7 Å². The number of nitrogens with one attached hydrogen (secondary N) is 2. The number of esters is 1. The van der Waals surface area contributed by atoms with Crippen molar-refractivity contribution in [1.29, 1.82) is 0 Å². The summed E-state index contributed by atoms with van der Waals surface area (Å²) in [5.41, 5.74) is -1.85. The number of carbonyl (C=O) groups is 2. The lowest BCUT2D eigenvalue weighted by Crippen LogP contribution is -2.45. The molecule has 0 aliphatic rings. The van der Waals surface area contributed by atoms with Crippen molar-refractivity contribution in [3.8, 4) is 0 Å². The Balaban J connectivity index is 1.76. The summed E-state index contributed by atoms with van der Waals surface area (Å²) in [6, 6.07) is 8.71. The second kappa shape index (κ2) is 9.93. The lowest BCUT2D eigenvalue weighted by Gasteiger charge is -2.17. The van der Waals surface area contributed by atoms with E-state index in [2.05, 4.69) is 15.4 Å². The summed E-state index contributed by atoms with van der Waals surface area (Å²) in [5, 5.41) is 15.1. The average Bonchev–Trinajstić information content (AvgIpc) is 3.00. The number of aliphatic hydroxyl groups is 1. The van der Waals surface area contributed by atoms with Gasteiger partial charge in [0.25, 0.3) is 5.91 Å². The van der Waals surface area contributed by atoms with Gasteiger partial charge >= 0.3 is 5.97 Å². The number of carbonyl (C=O) groups excluding carboxylic acids is 2. The first-order valence-corrected chi connectivity index (χ1v) is 12.9. The van der Waals surface area contributed by atoms with Gasteiger partial charge in [0, 0.05) is 34.3 Å². The molecule has 12 heteroatoms. The second-order valence-corrected chi connectivity index (χ2v) is 9.63. The average molecular weight is 572 g/mol. The molecule has 6 aromatic rings. The van der Waals surface area contributed by atoms with Crippen molar-refractivity contribution in [1.82, 2.24) is 9.72 Å². The van der Waals surface area contributed by atoms with E-state index < -0.39 is 52.2 Å². The van der Waals surface area contributed by atoms with Crippen LogP contribution in [0.15, 0.2) is 67.5 Å². The van der Waals surface area contributed by atoms with E-state index >= 15 is 4.39 Å². The Hall–Kier alpha value is -5.36. The molecule has 11 nitrogen and oxygen atoms in total. The molecule has 212 valence electrons. The third-order valence-electron chi connectivity index (χ3n) is 7.24. The Morgan fingerprint density at radius 1 is 1.00 bits per heavy atom. The minimum atomic E-state index is -1.46. The van der Waals surface area contributed by atoms with Gasteiger partial charge in [-0.3, -0.25) is 19.2 Å². The molecule has 3 N–H and O–H groups in total. The molecule has 0 saturated carbocycles. The van der Waals surface area contributed by atoms with Crippen LogP contribution in [0.2, 0.25) is 0 Å². The standard InChI is InChI=1S/C30H22FN3O8/c1-3-32-23-19(31)8-17-24-28(23)42-22-10-16-15(25(36)13-6-4-5-7-14(13)26(16)37)9-21(22)34(24)11-18(27(17)38)29(39)33-20(12-35)30(40)41-2/h4-11,20,32,35H,3,12H2,1-2H3,(H,33,39). The monoisotopic (exact) mass is 571 g/mol. The van der Waals surface area contributed by atoms with Crippen LogP contribution in [0.3, 0.4) is 0 Å². The molecule has 0 fully saturated rings. The Labute approximate surface area is 234 Å². The fourth-order valence-electron chi connectivity index (χ4n) is 5.27. The van der Waals surface area contributed by atoms with Crippen LogP contribution >= 0.6 is 0 Å². The molecular formula is C30H22FN3O8. The first-order valence-electron chi connectivity index (χ1n) is 12.9. The summed E-state index contributed by atoms with van der Waals surface area (Å²) < 4.78 is 27.5. The van der Waals surface area contributed by atoms with Gasteiger partial charge < -0.3 is 29.3 Å². The lowest BCUT2D eigenvalue weighted by atomic mass is 10.0. The molecule has 1 atom stereocenters. The maximum absolute atomic E-state index is 15.4. The van der Waals surface area contributed by atoms with E-state index in [9.17, 15) is 29.1 Å². The number of nitrogens with zero attached hydrogens (tertiary/aromatic N) is 1. The maximum atomic E-state index is 15.4. The van der Waals surface area contributed by atoms with Crippen molar-refractivity contribution >= 4 is 66.7 Å². The number of pyridine rings is 1. The van der Waals surface area contributed by atoms with Crippen LogP contribution in [0, 0.1) is 5.82 Å². The number of fused-ring (bicyclic) bond motifs is 4. The van der Waals surface area contributed by atoms with Crippen LogP contribution in [0.25, 0.3) is 49.1 Å². The van der Waals surface area contributed by atoms with E-state index in [4.69, 9.17) is 4.42 Å². The first-order chi connectivity index (χ1) is 20.2. The van der Waals surface area contributed by atoms with Crippen LogP contribution in [0.4, 0.5) is 10.1 Å². The largest absolute Gasteiger partial charge is 0.467 e. The molecular weight excluding hydrogens is 549 g/mol. The Morgan fingerprint density at radius 3 is 2.29 bits per heavy atom. The van der Waals surface area contributed by atoms with E-state index in [0.29, 0.717) is 6.54 Å². The molecule has 0 aliphatic heterocycles. The van der Waals surface area contributed by atoms with E-state index in [1.165, 1.54) is 22.7 Å². The second-order valence-electron chi connectivity index (χ2n) is 9.63. The Morgan fingerprint density at radius 2 is 1.67 bits per heavy atom. The highest BCUT2D eigenvalue weighted by Gasteiger charge is 2.26. The highest BCUT2D eigenvalue weighted by molar-refractivity contribution is 6.08. The van der Waals surface area contributed by atoms with E-state index in [-0.39, 0.29) is 54.8 Å². The molecule has 0 bridgehead atoms. The summed E-state index contributed by atoms with van der Waals surface area (Å²) in [6.45, 7) is 1.25.